The molecule has 0 aliphatic carbocycles. The van der Waals surface area contributed by atoms with Gasteiger partial charge in [-0.25, -0.2) is 13.9 Å². The van der Waals surface area contributed by atoms with Crippen LogP contribution in [0.15, 0.2) is 48.7 Å². The van der Waals surface area contributed by atoms with E-state index in [0.29, 0.717) is 0 Å². The van der Waals surface area contributed by atoms with Gasteiger partial charge in [0.05, 0.1) is 18.0 Å². The van der Waals surface area contributed by atoms with Gasteiger partial charge in [0, 0.05) is 11.8 Å². The maximum Gasteiger partial charge on any atom is 0.224 e. The highest BCUT2D eigenvalue weighted by molar-refractivity contribution is 5.64. The summed E-state index contributed by atoms with van der Waals surface area (Å²) in [6, 6.07) is 12.7. The highest BCUT2D eigenvalue weighted by Gasteiger charge is 2.12. The Morgan fingerprint density at radius 1 is 1.14 bits per heavy atom. The van der Waals surface area contributed by atoms with Gasteiger partial charge < -0.3 is 0 Å². The molecule has 0 unspecified atom stereocenters. The fraction of sp³-hybridized carbons (Fsp3) is 0.111. The fourth-order valence-electron chi connectivity index (χ4n) is 2.47. The molecule has 0 atom stereocenters. The minimum absolute atomic E-state index is 0.000987. The Kier molecular flexibility index (Phi) is 3.48. The van der Waals surface area contributed by atoms with Crippen molar-refractivity contribution in [2.75, 3.05) is 0 Å². The smallest absolute Gasteiger partial charge is 0.224 e. The molecular weight excluding hydrogens is 277 g/mol. The third-order valence-corrected chi connectivity index (χ3v) is 3.57. The van der Waals surface area contributed by atoms with Crippen molar-refractivity contribution in [2.24, 2.45) is 0 Å². The van der Waals surface area contributed by atoms with Crippen LogP contribution in [0.25, 0.3) is 21.8 Å². The lowest BCUT2D eigenvalue weighted by Gasteiger charge is -2.06. The quantitative estimate of drug-likeness (QED) is 0.619. The molecule has 1 aromatic heterocycles. The Morgan fingerprint density at radius 3 is 2.68 bits per heavy atom. The summed E-state index contributed by atoms with van der Waals surface area (Å²) in [5.74, 6) is -0.548. The molecule has 108 valence electrons. The van der Waals surface area contributed by atoms with Gasteiger partial charge in [-0.05, 0) is 31.5 Å². The van der Waals surface area contributed by atoms with E-state index >= 15 is 0 Å². The fourth-order valence-corrected chi connectivity index (χ4v) is 2.47. The van der Waals surface area contributed by atoms with Crippen LogP contribution in [0.2, 0.25) is 0 Å². The number of benzene rings is 2. The van der Waals surface area contributed by atoms with Crippen LogP contribution in [0, 0.1) is 26.2 Å². The van der Waals surface area contributed by atoms with Crippen molar-refractivity contribution in [3.05, 3.63) is 77.0 Å². The van der Waals surface area contributed by atoms with E-state index in [4.69, 9.17) is 6.57 Å². The molecule has 0 aliphatic heterocycles. The van der Waals surface area contributed by atoms with E-state index in [1.165, 1.54) is 16.3 Å². The standard InChI is InChI=1S/C18H14FN3/c1-12-7-8-14(13(2)11-12)15-9-10-22(21-15)17-6-4-5-16(20-3)18(17)19/h4-11H,1-2H3. The van der Waals surface area contributed by atoms with Crippen molar-refractivity contribution in [1.29, 1.82) is 0 Å². The Bertz CT molecular complexity index is 888. The SMILES string of the molecule is [C-]#[N+]c1cccc(-n2ccc(-c3ccc(C)cc3C)n2)c1F. The number of halogens is 1. The average Bonchev–Trinajstić information content (AvgIpc) is 2.97. The zero-order chi connectivity index (χ0) is 15.7. The van der Waals surface area contributed by atoms with Crippen LogP contribution < -0.4 is 0 Å². The van der Waals surface area contributed by atoms with Crippen molar-refractivity contribution in [1.82, 2.24) is 9.78 Å². The van der Waals surface area contributed by atoms with Crippen LogP contribution in [-0.2, 0) is 0 Å². The van der Waals surface area contributed by atoms with Gasteiger partial charge in [0.25, 0.3) is 0 Å². The Morgan fingerprint density at radius 2 is 1.95 bits per heavy atom. The molecule has 22 heavy (non-hydrogen) atoms. The summed E-state index contributed by atoms with van der Waals surface area (Å²) in [4.78, 5) is 3.18. The number of hydrogen-bond donors (Lipinski definition) is 0. The second-order valence-electron chi connectivity index (χ2n) is 5.19. The van der Waals surface area contributed by atoms with Gasteiger partial charge in [-0.1, -0.05) is 35.9 Å². The van der Waals surface area contributed by atoms with Crippen molar-refractivity contribution < 1.29 is 4.39 Å². The van der Waals surface area contributed by atoms with Crippen LogP contribution in [0.3, 0.4) is 0 Å². The van der Waals surface area contributed by atoms with E-state index in [2.05, 4.69) is 16.0 Å². The van der Waals surface area contributed by atoms with Crippen molar-refractivity contribution in [3.63, 3.8) is 0 Å². The molecule has 3 nitrogen and oxygen atoms in total. The predicted molar refractivity (Wildman–Crippen MR) is 84.7 cm³/mol. The van der Waals surface area contributed by atoms with Crippen molar-refractivity contribution in [3.8, 4) is 16.9 Å². The third-order valence-electron chi connectivity index (χ3n) is 3.57. The zero-order valence-corrected chi connectivity index (χ0v) is 12.3. The summed E-state index contributed by atoms with van der Waals surface area (Å²) in [6.45, 7) is 11.1. The van der Waals surface area contributed by atoms with Crippen LogP contribution in [-0.4, -0.2) is 9.78 Å². The molecule has 4 heteroatoms. The van der Waals surface area contributed by atoms with Gasteiger partial charge in [0.15, 0.2) is 5.82 Å². The summed E-state index contributed by atoms with van der Waals surface area (Å²) in [7, 11) is 0. The number of aryl methyl sites for hydroxylation is 2. The van der Waals surface area contributed by atoms with Gasteiger partial charge in [0.1, 0.15) is 0 Å². The highest BCUT2D eigenvalue weighted by atomic mass is 19.1. The lowest BCUT2D eigenvalue weighted by atomic mass is 10.0. The molecule has 0 saturated carbocycles. The van der Waals surface area contributed by atoms with E-state index in [-0.39, 0.29) is 11.4 Å². The van der Waals surface area contributed by atoms with Crippen LogP contribution in [0.1, 0.15) is 11.1 Å². The lowest BCUT2D eigenvalue weighted by Crippen LogP contribution is -1.98. The van der Waals surface area contributed by atoms with E-state index in [1.807, 2.05) is 32.0 Å². The van der Waals surface area contributed by atoms with Gasteiger partial charge in [0.2, 0.25) is 5.69 Å². The van der Waals surface area contributed by atoms with Crippen LogP contribution >= 0.6 is 0 Å². The summed E-state index contributed by atoms with van der Waals surface area (Å²) in [5, 5.41) is 4.45. The molecule has 0 bridgehead atoms. The molecule has 3 aromatic rings. The van der Waals surface area contributed by atoms with E-state index in [9.17, 15) is 4.39 Å². The molecule has 0 N–H and O–H groups in total. The van der Waals surface area contributed by atoms with Gasteiger partial charge >= 0.3 is 0 Å². The number of aromatic nitrogens is 2. The first-order valence-electron chi connectivity index (χ1n) is 6.90. The molecule has 0 saturated heterocycles. The molecule has 2 aromatic carbocycles. The van der Waals surface area contributed by atoms with Crippen molar-refractivity contribution >= 4 is 5.69 Å². The minimum atomic E-state index is -0.548. The Balaban J connectivity index is 2.07. The maximum atomic E-state index is 14.2. The molecule has 3 rings (SSSR count). The summed E-state index contributed by atoms with van der Waals surface area (Å²) >= 11 is 0. The Hall–Kier alpha value is -2.93. The molecule has 0 radical (unpaired) electrons. The second kappa shape index (κ2) is 5.45. The monoisotopic (exact) mass is 291 g/mol. The highest BCUT2D eigenvalue weighted by Crippen LogP contribution is 2.26. The summed E-state index contributed by atoms with van der Waals surface area (Å²) < 4.78 is 15.7. The molecule has 0 aliphatic rings. The lowest BCUT2D eigenvalue weighted by molar-refractivity contribution is 0.617. The first kappa shape index (κ1) is 14.0. The van der Waals surface area contributed by atoms with E-state index < -0.39 is 5.82 Å². The molecule has 1 heterocycles. The summed E-state index contributed by atoms with van der Waals surface area (Å²) in [5.41, 5.74) is 4.40. The normalized spacial score (nSPS) is 10.5. The number of rotatable bonds is 2. The third kappa shape index (κ3) is 2.38. The van der Waals surface area contributed by atoms with Crippen molar-refractivity contribution in [2.45, 2.75) is 13.8 Å². The topological polar surface area (TPSA) is 22.2 Å². The summed E-state index contributed by atoms with van der Waals surface area (Å²) in [6.07, 6.45) is 1.71. The maximum absolute atomic E-state index is 14.2. The van der Waals surface area contributed by atoms with E-state index in [0.717, 1.165) is 16.8 Å². The molecule has 0 fully saturated rings. The van der Waals surface area contributed by atoms with Gasteiger partial charge in [-0.3, -0.25) is 0 Å². The number of hydrogen-bond acceptors (Lipinski definition) is 1. The minimum Gasteiger partial charge on any atom is -0.239 e. The molecule has 0 spiro atoms. The van der Waals surface area contributed by atoms with Gasteiger partial charge in [-0.2, -0.15) is 5.10 Å². The Labute approximate surface area is 128 Å². The van der Waals surface area contributed by atoms with Crippen LogP contribution in [0.5, 0.6) is 0 Å². The van der Waals surface area contributed by atoms with E-state index in [1.54, 1.807) is 18.3 Å². The van der Waals surface area contributed by atoms with Gasteiger partial charge in [-0.15, -0.1) is 0 Å². The first-order chi connectivity index (χ1) is 10.6. The first-order valence-corrected chi connectivity index (χ1v) is 6.90. The van der Waals surface area contributed by atoms with Crippen LogP contribution in [0.4, 0.5) is 10.1 Å². The predicted octanol–water partition coefficient (Wildman–Crippen LogP) is 4.85. The largest absolute Gasteiger partial charge is 0.239 e. The molecule has 0 amide bonds. The number of nitrogens with zero attached hydrogens (tertiary/aromatic N) is 3. The molecular formula is C18H14FN3. The second-order valence-corrected chi connectivity index (χ2v) is 5.19. The average molecular weight is 291 g/mol. The zero-order valence-electron chi connectivity index (χ0n) is 12.3.